The van der Waals surface area contributed by atoms with E-state index in [-0.39, 0.29) is 23.7 Å². The number of aromatic nitrogens is 2. The van der Waals surface area contributed by atoms with Crippen molar-refractivity contribution in [2.45, 2.75) is 13.1 Å². The molecule has 5 nitrogen and oxygen atoms in total. The first-order chi connectivity index (χ1) is 13.3. The first-order valence-electron chi connectivity index (χ1n) is 8.16. The molecule has 0 unspecified atom stereocenters. The van der Waals surface area contributed by atoms with Crippen LogP contribution in [0.15, 0.2) is 54.6 Å². The number of halogens is 4. The number of hydrogen-bond donors (Lipinski definition) is 0. The summed E-state index contributed by atoms with van der Waals surface area (Å²) in [5.74, 6) is -0.658. The third-order valence-corrected chi connectivity index (χ3v) is 3.69. The predicted molar refractivity (Wildman–Crippen MR) is 91.6 cm³/mol. The molecule has 1 aromatic heterocycles. The van der Waals surface area contributed by atoms with Crippen LogP contribution < -0.4 is 4.74 Å². The molecule has 2 aromatic carbocycles. The average molecular weight is 394 g/mol. The van der Waals surface area contributed by atoms with E-state index in [0.717, 1.165) is 12.1 Å². The van der Waals surface area contributed by atoms with Gasteiger partial charge in [-0.15, -0.1) is 5.10 Å². The van der Waals surface area contributed by atoms with Gasteiger partial charge in [0.05, 0.1) is 23.6 Å². The van der Waals surface area contributed by atoms with Gasteiger partial charge in [0.2, 0.25) is 5.88 Å². The molecule has 0 aliphatic carbocycles. The van der Waals surface area contributed by atoms with Gasteiger partial charge in [-0.1, -0.05) is 12.1 Å². The van der Waals surface area contributed by atoms with Gasteiger partial charge < -0.3 is 9.47 Å². The molecule has 0 saturated carbocycles. The largest absolute Gasteiger partial charge is 0.515 e. The maximum atomic E-state index is 13.2. The molecule has 146 valence electrons. The first-order valence-corrected chi connectivity index (χ1v) is 8.16. The van der Waals surface area contributed by atoms with Crippen LogP contribution in [0, 0.1) is 5.82 Å². The zero-order chi connectivity index (χ0) is 20.3. The molecule has 0 fully saturated rings. The van der Waals surface area contributed by atoms with Crippen molar-refractivity contribution in [2.24, 2.45) is 0 Å². The molecule has 0 amide bonds. The molecular formula is C19H14F4N2O3. The standard InChI is InChI=1S/C19H14F4N2O3/c1-2-27-18(26)28-17-11-16(12-4-3-5-13(10-12)19(21,22)23)25(24-17)15-8-6-14(20)7-9-15/h3-11H,2H2,1H3. The predicted octanol–water partition coefficient (Wildman–Crippen LogP) is 5.23. The van der Waals surface area contributed by atoms with Crippen LogP contribution in [0.2, 0.25) is 0 Å². The summed E-state index contributed by atoms with van der Waals surface area (Å²) in [6.45, 7) is 1.67. The van der Waals surface area contributed by atoms with Gasteiger partial charge in [0.1, 0.15) is 5.82 Å². The van der Waals surface area contributed by atoms with Crippen LogP contribution in [0.1, 0.15) is 12.5 Å². The summed E-state index contributed by atoms with van der Waals surface area (Å²) in [5.41, 5.74) is -0.0698. The van der Waals surface area contributed by atoms with E-state index in [0.29, 0.717) is 5.69 Å². The van der Waals surface area contributed by atoms with E-state index in [1.165, 1.54) is 47.1 Å². The lowest BCUT2D eigenvalue weighted by atomic mass is 10.1. The molecule has 1 heterocycles. The number of carbonyl (C=O) groups excluding carboxylic acids is 1. The summed E-state index contributed by atoms with van der Waals surface area (Å²) in [4.78, 5) is 11.5. The Morgan fingerprint density at radius 1 is 1.11 bits per heavy atom. The number of ether oxygens (including phenoxy) is 2. The van der Waals surface area contributed by atoms with Crippen LogP contribution in [0.25, 0.3) is 16.9 Å². The highest BCUT2D eigenvalue weighted by molar-refractivity contribution is 5.67. The van der Waals surface area contributed by atoms with Crippen molar-refractivity contribution in [1.82, 2.24) is 9.78 Å². The number of hydrogen-bond acceptors (Lipinski definition) is 4. The number of carbonyl (C=O) groups is 1. The Bertz CT molecular complexity index is 982. The zero-order valence-corrected chi connectivity index (χ0v) is 14.5. The summed E-state index contributed by atoms with van der Waals surface area (Å²) < 4.78 is 63.3. The fourth-order valence-electron chi connectivity index (χ4n) is 2.48. The molecule has 28 heavy (non-hydrogen) atoms. The first kappa shape index (κ1) is 19.4. The van der Waals surface area contributed by atoms with Crippen LogP contribution in [0.5, 0.6) is 5.88 Å². The molecule has 0 atom stereocenters. The Morgan fingerprint density at radius 3 is 2.46 bits per heavy atom. The molecule has 0 N–H and O–H groups in total. The lowest BCUT2D eigenvalue weighted by Crippen LogP contribution is -2.10. The van der Waals surface area contributed by atoms with E-state index in [1.54, 1.807) is 6.92 Å². The highest BCUT2D eigenvalue weighted by atomic mass is 19.4. The summed E-state index contributed by atoms with van der Waals surface area (Å²) in [7, 11) is 0. The number of alkyl halides is 3. The van der Waals surface area contributed by atoms with Crippen LogP contribution in [0.4, 0.5) is 22.4 Å². The van der Waals surface area contributed by atoms with E-state index in [1.807, 2.05) is 0 Å². The molecule has 0 spiro atoms. The van der Waals surface area contributed by atoms with Crippen LogP contribution in [0.3, 0.4) is 0 Å². The smallest absolute Gasteiger partial charge is 0.434 e. The summed E-state index contributed by atoms with van der Waals surface area (Å²) >= 11 is 0. The topological polar surface area (TPSA) is 53.4 Å². The molecular weight excluding hydrogens is 380 g/mol. The van der Waals surface area contributed by atoms with Crippen molar-refractivity contribution in [2.75, 3.05) is 6.61 Å². The van der Waals surface area contributed by atoms with Gasteiger partial charge in [0, 0.05) is 11.6 Å². The lowest BCUT2D eigenvalue weighted by Gasteiger charge is -2.10. The average Bonchev–Trinajstić information content (AvgIpc) is 3.05. The van der Waals surface area contributed by atoms with Crippen LogP contribution >= 0.6 is 0 Å². The van der Waals surface area contributed by atoms with Gasteiger partial charge >= 0.3 is 12.3 Å². The highest BCUT2D eigenvalue weighted by Crippen LogP contribution is 2.34. The summed E-state index contributed by atoms with van der Waals surface area (Å²) in [5, 5.41) is 4.09. The van der Waals surface area contributed by atoms with Gasteiger partial charge in [-0.25, -0.2) is 13.9 Å². The monoisotopic (exact) mass is 394 g/mol. The van der Waals surface area contributed by atoms with Crippen LogP contribution in [-0.2, 0) is 10.9 Å². The molecule has 0 aliphatic rings. The quantitative estimate of drug-likeness (QED) is 0.449. The Morgan fingerprint density at radius 2 is 1.82 bits per heavy atom. The second kappa shape index (κ2) is 7.71. The fraction of sp³-hybridized carbons (Fsp3) is 0.158. The van der Waals surface area contributed by atoms with Crippen molar-refractivity contribution in [1.29, 1.82) is 0 Å². The minimum Gasteiger partial charge on any atom is -0.434 e. The Kier molecular flexibility index (Phi) is 5.34. The maximum Gasteiger partial charge on any atom is 0.515 e. The second-order valence-corrected chi connectivity index (χ2v) is 5.62. The van der Waals surface area contributed by atoms with Crippen LogP contribution in [-0.4, -0.2) is 22.5 Å². The summed E-state index contributed by atoms with van der Waals surface area (Å²) in [6.07, 6.45) is -5.53. The zero-order valence-electron chi connectivity index (χ0n) is 14.5. The van der Waals surface area contributed by atoms with Crippen molar-refractivity contribution in [3.8, 4) is 22.8 Å². The van der Waals surface area contributed by atoms with E-state index >= 15 is 0 Å². The normalized spacial score (nSPS) is 11.3. The maximum absolute atomic E-state index is 13.2. The van der Waals surface area contributed by atoms with Gasteiger partial charge in [0.15, 0.2) is 0 Å². The summed E-state index contributed by atoms with van der Waals surface area (Å²) in [6, 6.07) is 11.1. The van der Waals surface area contributed by atoms with Gasteiger partial charge in [-0.2, -0.15) is 13.2 Å². The highest BCUT2D eigenvalue weighted by Gasteiger charge is 2.31. The van der Waals surface area contributed by atoms with E-state index < -0.39 is 23.7 Å². The third-order valence-electron chi connectivity index (χ3n) is 3.69. The third kappa shape index (κ3) is 4.30. The molecule has 0 bridgehead atoms. The van der Waals surface area contributed by atoms with E-state index in [2.05, 4.69) is 9.84 Å². The minimum atomic E-state index is -4.53. The van der Waals surface area contributed by atoms with Crippen molar-refractivity contribution < 1.29 is 31.8 Å². The van der Waals surface area contributed by atoms with Crippen molar-refractivity contribution in [3.05, 3.63) is 66.0 Å². The SMILES string of the molecule is CCOC(=O)Oc1cc(-c2cccc(C(F)(F)F)c2)n(-c2ccc(F)cc2)n1. The molecule has 0 saturated heterocycles. The Balaban J connectivity index is 2.09. The van der Waals surface area contributed by atoms with E-state index in [9.17, 15) is 22.4 Å². The molecule has 9 heteroatoms. The molecule has 0 aliphatic heterocycles. The molecule has 0 radical (unpaired) electrons. The Labute approximate surface area is 157 Å². The van der Waals surface area contributed by atoms with Gasteiger partial charge in [0.25, 0.3) is 0 Å². The Hall–Kier alpha value is -3.36. The van der Waals surface area contributed by atoms with Crippen molar-refractivity contribution in [3.63, 3.8) is 0 Å². The fourth-order valence-corrected chi connectivity index (χ4v) is 2.48. The minimum absolute atomic E-state index is 0.0813. The number of nitrogens with zero attached hydrogens (tertiary/aromatic N) is 2. The van der Waals surface area contributed by atoms with Gasteiger partial charge in [-0.05, 0) is 43.3 Å². The lowest BCUT2D eigenvalue weighted by molar-refractivity contribution is -0.137. The second-order valence-electron chi connectivity index (χ2n) is 5.62. The molecule has 3 aromatic rings. The van der Waals surface area contributed by atoms with Gasteiger partial charge in [-0.3, -0.25) is 0 Å². The molecule has 3 rings (SSSR count). The number of benzene rings is 2. The van der Waals surface area contributed by atoms with E-state index in [4.69, 9.17) is 4.74 Å². The van der Waals surface area contributed by atoms with Crippen molar-refractivity contribution >= 4 is 6.16 Å². The number of rotatable bonds is 4.